The predicted octanol–water partition coefficient (Wildman–Crippen LogP) is 1.63. The maximum absolute atomic E-state index is 12.0. The largest absolute Gasteiger partial charge is 0.356 e. The van der Waals surface area contributed by atoms with E-state index in [0.717, 1.165) is 12.0 Å². The standard InChI is InChI=1S/C19H31N5O2.HI/c1-19(2,3)23-16(25)13-24(6)18(21-5)22-11-10-14-8-7-9-15(12-14)17(26)20-4;/h7-9,12H,10-11,13H2,1-6H3,(H,20,26)(H,21,22)(H,23,25);1H. The zero-order valence-electron chi connectivity index (χ0n) is 17.0. The molecule has 3 N–H and O–H groups in total. The smallest absolute Gasteiger partial charge is 0.251 e. The van der Waals surface area contributed by atoms with Gasteiger partial charge in [0.05, 0.1) is 6.54 Å². The van der Waals surface area contributed by atoms with Gasteiger partial charge in [0, 0.05) is 38.8 Å². The van der Waals surface area contributed by atoms with Crippen LogP contribution in [0, 0.1) is 0 Å². The minimum absolute atomic E-state index is 0. The Morgan fingerprint density at radius 3 is 2.44 bits per heavy atom. The van der Waals surface area contributed by atoms with Crippen LogP contribution in [0.4, 0.5) is 0 Å². The Kier molecular flexibility index (Phi) is 11.0. The van der Waals surface area contributed by atoms with Crippen LogP contribution in [0.15, 0.2) is 29.3 Å². The van der Waals surface area contributed by atoms with Crippen LogP contribution in [0.1, 0.15) is 36.7 Å². The van der Waals surface area contributed by atoms with Crippen LogP contribution in [0.2, 0.25) is 0 Å². The molecule has 0 unspecified atom stereocenters. The van der Waals surface area contributed by atoms with E-state index in [2.05, 4.69) is 20.9 Å². The molecule has 1 aromatic rings. The van der Waals surface area contributed by atoms with Crippen LogP contribution in [0.5, 0.6) is 0 Å². The minimum Gasteiger partial charge on any atom is -0.356 e. The number of likely N-dealkylation sites (N-methyl/N-ethyl adjacent to an activating group) is 1. The Bertz CT molecular complexity index is 656. The second kappa shape index (κ2) is 11.8. The summed E-state index contributed by atoms with van der Waals surface area (Å²) < 4.78 is 0. The molecule has 27 heavy (non-hydrogen) atoms. The first-order valence-electron chi connectivity index (χ1n) is 8.70. The van der Waals surface area contributed by atoms with Gasteiger partial charge < -0.3 is 20.9 Å². The topological polar surface area (TPSA) is 85.8 Å². The van der Waals surface area contributed by atoms with E-state index in [1.165, 1.54) is 0 Å². The van der Waals surface area contributed by atoms with Crippen molar-refractivity contribution in [2.45, 2.75) is 32.7 Å². The molecule has 0 heterocycles. The maximum Gasteiger partial charge on any atom is 0.251 e. The summed E-state index contributed by atoms with van der Waals surface area (Å²) in [5.41, 5.74) is 1.44. The van der Waals surface area contributed by atoms with Crippen LogP contribution in [0.25, 0.3) is 0 Å². The normalized spacial score (nSPS) is 11.3. The minimum atomic E-state index is -0.259. The molecule has 0 aliphatic rings. The molecule has 1 rings (SSSR count). The Morgan fingerprint density at radius 1 is 1.22 bits per heavy atom. The average molecular weight is 489 g/mol. The molecule has 0 atom stereocenters. The van der Waals surface area contributed by atoms with Gasteiger partial charge in [-0.05, 0) is 44.9 Å². The van der Waals surface area contributed by atoms with Gasteiger partial charge >= 0.3 is 0 Å². The molecule has 0 saturated heterocycles. The number of benzene rings is 1. The fourth-order valence-corrected chi connectivity index (χ4v) is 2.46. The Morgan fingerprint density at radius 2 is 1.89 bits per heavy atom. The fraction of sp³-hybridized carbons (Fsp3) is 0.526. The Balaban J connectivity index is 0.00000676. The first-order valence-corrected chi connectivity index (χ1v) is 8.70. The van der Waals surface area contributed by atoms with Gasteiger partial charge in [-0.1, -0.05) is 12.1 Å². The third kappa shape index (κ3) is 9.60. The monoisotopic (exact) mass is 489 g/mol. The number of hydrogen-bond donors (Lipinski definition) is 3. The number of hydrogen-bond acceptors (Lipinski definition) is 3. The number of halogens is 1. The summed E-state index contributed by atoms with van der Waals surface area (Å²) in [5.74, 6) is 0.498. The summed E-state index contributed by atoms with van der Waals surface area (Å²) >= 11 is 0. The molecule has 0 aliphatic heterocycles. The van der Waals surface area contributed by atoms with E-state index >= 15 is 0 Å². The summed E-state index contributed by atoms with van der Waals surface area (Å²) in [6.45, 7) is 6.72. The van der Waals surface area contributed by atoms with Crippen molar-refractivity contribution < 1.29 is 9.59 Å². The van der Waals surface area contributed by atoms with E-state index in [1.807, 2.05) is 46.0 Å². The molecule has 0 bridgehead atoms. The van der Waals surface area contributed by atoms with Gasteiger partial charge in [-0.3, -0.25) is 14.6 Å². The highest BCUT2D eigenvalue weighted by molar-refractivity contribution is 14.0. The first-order chi connectivity index (χ1) is 12.2. The van der Waals surface area contributed by atoms with Gasteiger partial charge in [-0.25, -0.2) is 0 Å². The number of guanidine groups is 1. The van der Waals surface area contributed by atoms with Gasteiger partial charge in [-0.2, -0.15) is 0 Å². The summed E-state index contributed by atoms with van der Waals surface area (Å²) in [6.07, 6.45) is 0.742. The zero-order chi connectivity index (χ0) is 19.7. The van der Waals surface area contributed by atoms with Crippen LogP contribution >= 0.6 is 24.0 Å². The van der Waals surface area contributed by atoms with Crippen molar-refractivity contribution in [3.63, 3.8) is 0 Å². The van der Waals surface area contributed by atoms with Crippen LogP contribution in [-0.2, 0) is 11.2 Å². The highest BCUT2D eigenvalue weighted by atomic mass is 127. The van der Waals surface area contributed by atoms with Crippen molar-refractivity contribution in [2.24, 2.45) is 4.99 Å². The van der Waals surface area contributed by atoms with E-state index in [-0.39, 0.29) is 47.9 Å². The van der Waals surface area contributed by atoms with E-state index in [9.17, 15) is 9.59 Å². The second-order valence-corrected chi connectivity index (χ2v) is 7.16. The number of nitrogens with zero attached hydrogens (tertiary/aromatic N) is 2. The highest BCUT2D eigenvalue weighted by Gasteiger charge is 2.16. The molecule has 152 valence electrons. The van der Waals surface area contributed by atoms with Gasteiger partial charge in [0.25, 0.3) is 5.91 Å². The molecular weight excluding hydrogens is 457 g/mol. The number of nitrogens with one attached hydrogen (secondary N) is 3. The molecule has 1 aromatic carbocycles. The van der Waals surface area contributed by atoms with Crippen LogP contribution in [0.3, 0.4) is 0 Å². The molecule has 0 saturated carbocycles. The van der Waals surface area contributed by atoms with E-state index < -0.39 is 0 Å². The number of rotatable bonds is 6. The van der Waals surface area contributed by atoms with Crippen molar-refractivity contribution in [3.05, 3.63) is 35.4 Å². The maximum atomic E-state index is 12.0. The lowest BCUT2D eigenvalue weighted by molar-refractivity contribution is -0.122. The SMILES string of the molecule is CN=C(NCCc1cccc(C(=O)NC)c1)N(C)CC(=O)NC(C)(C)C.I. The van der Waals surface area contributed by atoms with Gasteiger partial charge in [0.2, 0.25) is 5.91 Å². The lowest BCUT2D eigenvalue weighted by Gasteiger charge is -2.25. The second-order valence-electron chi connectivity index (χ2n) is 7.16. The lowest BCUT2D eigenvalue weighted by atomic mass is 10.1. The van der Waals surface area contributed by atoms with Crippen LogP contribution < -0.4 is 16.0 Å². The molecule has 2 amide bonds. The van der Waals surface area contributed by atoms with Gasteiger partial charge in [-0.15, -0.1) is 24.0 Å². The Hall–Kier alpha value is -1.84. The van der Waals surface area contributed by atoms with Crippen molar-refractivity contribution in [1.82, 2.24) is 20.9 Å². The molecule has 0 aromatic heterocycles. The zero-order valence-corrected chi connectivity index (χ0v) is 19.4. The molecule has 0 fully saturated rings. The van der Waals surface area contributed by atoms with Crippen molar-refractivity contribution in [2.75, 3.05) is 34.2 Å². The molecular formula is C19H32IN5O2. The summed E-state index contributed by atoms with van der Waals surface area (Å²) in [6, 6.07) is 7.52. The third-order valence-corrected chi connectivity index (χ3v) is 3.58. The molecule has 0 aliphatic carbocycles. The van der Waals surface area contributed by atoms with Crippen LogP contribution in [-0.4, -0.2) is 62.4 Å². The summed E-state index contributed by atoms with van der Waals surface area (Å²) in [4.78, 5) is 29.7. The number of aliphatic imine (C=N–C) groups is 1. The van der Waals surface area contributed by atoms with Gasteiger partial charge in [0.1, 0.15) is 0 Å². The molecule has 0 spiro atoms. The Labute approximate surface area is 179 Å². The summed E-state index contributed by atoms with van der Waals surface area (Å²) in [7, 11) is 5.13. The first kappa shape index (κ1) is 25.2. The van der Waals surface area contributed by atoms with Crippen molar-refractivity contribution >= 4 is 41.8 Å². The molecule has 8 heteroatoms. The van der Waals surface area contributed by atoms with E-state index in [1.54, 1.807) is 25.1 Å². The quantitative estimate of drug-likeness (QED) is 0.322. The molecule has 7 nitrogen and oxygen atoms in total. The van der Waals surface area contributed by atoms with Crippen molar-refractivity contribution in [3.8, 4) is 0 Å². The molecule has 0 radical (unpaired) electrons. The number of carbonyl (C=O) groups excluding carboxylic acids is 2. The van der Waals surface area contributed by atoms with E-state index in [0.29, 0.717) is 18.1 Å². The average Bonchev–Trinajstić information content (AvgIpc) is 2.56. The predicted molar refractivity (Wildman–Crippen MR) is 121 cm³/mol. The number of carbonyl (C=O) groups is 2. The fourth-order valence-electron chi connectivity index (χ4n) is 2.46. The van der Waals surface area contributed by atoms with Crippen molar-refractivity contribution in [1.29, 1.82) is 0 Å². The van der Waals surface area contributed by atoms with E-state index in [4.69, 9.17) is 0 Å². The lowest BCUT2D eigenvalue weighted by Crippen LogP contribution is -2.49. The third-order valence-electron chi connectivity index (χ3n) is 3.58. The highest BCUT2D eigenvalue weighted by Crippen LogP contribution is 2.06. The summed E-state index contributed by atoms with van der Waals surface area (Å²) in [5, 5.41) is 8.80. The van der Waals surface area contributed by atoms with Gasteiger partial charge in [0.15, 0.2) is 5.96 Å². The number of amides is 2.